The van der Waals surface area contributed by atoms with Gasteiger partial charge in [-0.25, -0.2) is 0 Å². The van der Waals surface area contributed by atoms with E-state index in [1.54, 1.807) is 0 Å². The first-order valence-electron chi connectivity index (χ1n) is 8.55. The fourth-order valence-electron chi connectivity index (χ4n) is 4.63. The van der Waals surface area contributed by atoms with Gasteiger partial charge in [0.2, 0.25) is 0 Å². The molecule has 1 aromatic heterocycles. The number of rotatable bonds is 2. The molecular formula is C19H25NO. The molecule has 0 spiro atoms. The Bertz CT molecular complexity index is 584. The van der Waals surface area contributed by atoms with E-state index >= 15 is 0 Å². The van der Waals surface area contributed by atoms with Crippen LogP contribution in [0.1, 0.15) is 56.7 Å². The predicted octanol–water partition coefficient (Wildman–Crippen LogP) is 5.04. The lowest BCUT2D eigenvalue weighted by atomic mass is 9.66. The molecule has 0 bridgehead atoms. The maximum Gasteiger partial charge on any atom is 0.134 e. The van der Waals surface area contributed by atoms with Crippen molar-refractivity contribution in [1.82, 2.24) is 0 Å². The van der Waals surface area contributed by atoms with E-state index in [0.29, 0.717) is 5.92 Å². The Morgan fingerprint density at radius 3 is 2.67 bits per heavy atom. The monoisotopic (exact) mass is 283 g/mol. The molecular weight excluding hydrogens is 258 g/mol. The highest BCUT2D eigenvalue weighted by Gasteiger charge is 2.35. The van der Waals surface area contributed by atoms with E-state index in [2.05, 4.69) is 18.2 Å². The first-order chi connectivity index (χ1) is 10.3. The van der Waals surface area contributed by atoms with E-state index in [4.69, 9.17) is 10.2 Å². The van der Waals surface area contributed by atoms with Crippen LogP contribution in [0.3, 0.4) is 0 Å². The molecule has 1 heterocycles. The van der Waals surface area contributed by atoms with E-state index in [1.165, 1.54) is 50.3 Å². The largest absolute Gasteiger partial charge is 0.459 e. The van der Waals surface area contributed by atoms with E-state index in [0.717, 1.165) is 23.2 Å². The van der Waals surface area contributed by atoms with Crippen LogP contribution in [-0.4, -0.2) is 0 Å². The van der Waals surface area contributed by atoms with Gasteiger partial charge in [0, 0.05) is 5.39 Å². The zero-order chi connectivity index (χ0) is 14.2. The normalized spacial score (nSPS) is 31.0. The van der Waals surface area contributed by atoms with Gasteiger partial charge < -0.3 is 10.2 Å². The number of hydrogen-bond acceptors (Lipinski definition) is 2. The molecule has 0 radical (unpaired) electrons. The van der Waals surface area contributed by atoms with Gasteiger partial charge in [0.05, 0.1) is 6.04 Å². The van der Waals surface area contributed by atoms with E-state index in [1.807, 2.05) is 12.1 Å². The lowest BCUT2D eigenvalue weighted by Crippen LogP contribution is -2.32. The van der Waals surface area contributed by atoms with E-state index in [9.17, 15) is 0 Å². The molecule has 0 saturated heterocycles. The molecule has 2 aliphatic rings. The Morgan fingerprint density at radius 1 is 1.00 bits per heavy atom. The van der Waals surface area contributed by atoms with Crippen molar-refractivity contribution in [2.45, 2.75) is 51.0 Å². The molecule has 2 nitrogen and oxygen atoms in total. The lowest BCUT2D eigenvalue weighted by Gasteiger charge is -2.40. The molecule has 1 aromatic carbocycles. The molecule has 0 aliphatic heterocycles. The summed E-state index contributed by atoms with van der Waals surface area (Å²) in [7, 11) is 0. The van der Waals surface area contributed by atoms with Crippen LogP contribution in [0.2, 0.25) is 0 Å². The summed E-state index contributed by atoms with van der Waals surface area (Å²) in [6, 6.07) is 10.4. The fourth-order valence-corrected chi connectivity index (χ4v) is 4.63. The molecule has 4 atom stereocenters. The average Bonchev–Trinajstić information content (AvgIpc) is 2.97. The summed E-state index contributed by atoms with van der Waals surface area (Å²) in [6.07, 6.45) is 9.71. The highest BCUT2D eigenvalue weighted by molar-refractivity contribution is 5.77. The first kappa shape index (κ1) is 13.4. The van der Waals surface area contributed by atoms with Crippen LogP contribution < -0.4 is 5.73 Å². The van der Waals surface area contributed by atoms with Gasteiger partial charge in [0.1, 0.15) is 11.3 Å². The fraction of sp³-hybridized carbons (Fsp3) is 0.579. The minimum Gasteiger partial charge on any atom is -0.459 e. The summed E-state index contributed by atoms with van der Waals surface area (Å²) in [5.41, 5.74) is 7.53. The van der Waals surface area contributed by atoms with Crippen molar-refractivity contribution in [2.24, 2.45) is 23.5 Å². The first-order valence-corrected chi connectivity index (χ1v) is 8.55. The number of hydrogen-bond donors (Lipinski definition) is 1. The Kier molecular flexibility index (Phi) is 3.50. The molecule has 2 heteroatoms. The van der Waals surface area contributed by atoms with Gasteiger partial charge in [-0.05, 0) is 49.1 Å². The summed E-state index contributed by atoms with van der Waals surface area (Å²) >= 11 is 0. The van der Waals surface area contributed by atoms with Gasteiger partial charge >= 0.3 is 0 Å². The number of para-hydroxylation sites is 1. The topological polar surface area (TPSA) is 39.2 Å². The van der Waals surface area contributed by atoms with Crippen LogP contribution >= 0.6 is 0 Å². The van der Waals surface area contributed by atoms with Gasteiger partial charge in [-0.1, -0.05) is 43.9 Å². The van der Waals surface area contributed by atoms with Crippen molar-refractivity contribution in [3.63, 3.8) is 0 Å². The van der Waals surface area contributed by atoms with E-state index in [-0.39, 0.29) is 6.04 Å². The van der Waals surface area contributed by atoms with Crippen LogP contribution in [0.15, 0.2) is 34.7 Å². The Balaban J connectivity index is 1.52. The van der Waals surface area contributed by atoms with Gasteiger partial charge in [0.15, 0.2) is 0 Å². The Morgan fingerprint density at radius 2 is 1.81 bits per heavy atom. The highest BCUT2D eigenvalue weighted by atomic mass is 16.3. The van der Waals surface area contributed by atoms with Crippen LogP contribution in [0.4, 0.5) is 0 Å². The second-order valence-electron chi connectivity index (χ2n) is 7.09. The summed E-state index contributed by atoms with van der Waals surface area (Å²) in [5, 5.41) is 1.18. The molecule has 2 aromatic rings. The van der Waals surface area contributed by atoms with Crippen molar-refractivity contribution >= 4 is 11.0 Å². The summed E-state index contributed by atoms with van der Waals surface area (Å²) < 4.78 is 5.99. The maximum atomic E-state index is 6.56. The lowest BCUT2D eigenvalue weighted by molar-refractivity contribution is 0.113. The van der Waals surface area contributed by atoms with Crippen LogP contribution in [0, 0.1) is 17.8 Å². The summed E-state index contributed by atoms with van der Waals surface area (Å²) in [5.74, 6) is 3.49. The molecule has 2 aliphatic carbocycles. The van der Waals surface area contributed by atoms with Crippen molar-refractivity contribution in [3.8, 4) is 0 Å². The zero-order valence-corrected chi connectivity index (χ0v) is 12.6. The summed E-state index contributed by atoms with van der Waals surface area (Å²) in [6.45, 7) is 0. The molecule has 2 saturated carbocycles. The number of nitrogens with two attached hydrogens (primary N) is 1. The maximum absolute atomic E-state index is 6.56. The SMILES string of the molecule is NC(c1cc2ccccc2o1)C1CCC2CCCCC2C1. The third-order valence-corrected chi connectivity index (χ3v) is 5.86. The number of benzene rings is 1. The van der Waals surface area contributed by atoms with Crippen LogP contribution in [0.25, 0.3) is 11.0 Å². The zero-order valence-electron chi connectivity index (χ0n) is 12.6. The molecule has 2 fully saturated rings. The Labute approximate surface area is 126 Å². The molecule has 112 valence electrons. The molecule has 4 unspecified atom stereocenters. The third kappa shape index (κ3) is 2.50. The number of furan rings is 1. The van der Waals surface area contributed by atoms with Crippen LogP contribution in [0.5, 0.6) is 0 Å². The number of fused-ring (bicyclic) bond motifs is 2. The van der Waals surface area contributed by atoms with Gasteiger partial charge in [-0.2, -0.15) is 0 Å². The quantitative estimate of drug-likeness (QED) is 0.838. The molecule has 2 N–H and O–H groups in total. The molecule has 4 rings (SSSR count). The highest BCUT2D eigenvalue weighted by Crippen LogP contribution is 2.45. The second-order valence-corrected chi connectivity index (χ2v) is 7.09. The van der Waals surface area contributed by atoms with E-state index < -0.39 is 0 Å². The van der Waals surface area contributed by atoms with Crippen molar-refractivity contribution in [2.75, 3.05) is 0 Å². The van der Waals surface area contributed by atoms with Crippen LogP contribution in [-0.2, 0) is 0 Å². The average molecular weight is 283 g/mol. The van der Waals surface area contributed by atoms with Gasteiger partial charge in [0.25, 0.3) is 0 Å². The van der Waals surface area contributed by atoms with Crippen molar-refractivity contribution < 1.29 is 4.42 Å². The summed E-state index contributed by atoms with van der Waals surface area (Å²) in [4.78, 5) is 0. The minimum absolute atomic E-state index is 0.0697. The minimum atomic E-state index is 0.0697. The molecule has 21 heavy (non-hydrogen) atoms. The standard InChI is InChI=1S/C19H25NO/c20-19(18-12-15-7-3-4-8-17(15)21-18)16-10-9-13-5-1-2-6-14(13)11-16/h3-4,7-8,12-14,16,19H,1-2,5-6,9-11,20H2. The predicted molar refractivity (Wildman–Crippen MR) is 85.9 cm³/mol. The molecule has 0 amide bonds. The van der Waals surface area contributed by atoms with Crippen molar-refractivity contribution in [1.29, 1.82) is 0 Å². The smallest absolute Gasteiger partial charge is 0.134 e. The third-order valence-electron chi connectivity index (χ3n) is 5.86. The van der Waals surface area contributed by atoms with Crippen molar-refractivity contribution in [3.05, 3.63) is 36.1 Å². The Hall–Kier alpha value is -1.28. The van der Waals surface area contributed by atoms with Gasteiger partial charge in [-0.15, -0.1) is 0 Å². The van der Waals surface area contributed by atoms with Gasteiger partial charge in [-0.3, -0.25) is 0 Å². The second kappa shape index (κ2) is 5.49.